The molecule has 0 spiro atoms. The van der Waals surface area contributed by atoms with Crippen LogP contribution in [0.3, 0.4) is 0 Å². The molecule has 0 saturated carbocycles. The topological polar surface area (TPSA) is 97.4 Å². The Morgan fingerprint density at radius 3 is 2.39 bits per heavy atom. The van der Waals surface area contributed by atoms with E-state index in [1.54, 1.807) is 16.7 Å². The van der Waals surface area contributed by atoms with Crippen molar-refractivity contribution in [1.82, 2.24) is 29.5 Å². The molecule has 2 aromatic heterocycles. The first-order chi connectivity index (χ1) is 14.9. The highest BCUT2D eigenvalue weighted by molar-refractivity contribution is 7.98. The number of piperazine rings is 1. The van der Waals surface area contributed by atoms with Crippen molar-refractivity contribution in [3.05, 3.63) is 53.5 Å². The molecule has 9 nitrogen and oxygen atoms in total. The number of oxazole rings is 1. The molecule has 4 rings (SSSR count). The maximum atomic E-state index is 12.7. The van der Waals surface area contributed by atoms with Gasteiger partial charge in [-0.1, -0.05) is 29.5 Å². The molecule has 3 heterocycles. The van der Waals surface area contributed by atoms with Gasteiger partial charge in [0.1, 0.15) is 12.1 Å². The fraction of sp³-hybridized carbons (Fsp3) is 0.381. The first-order valence-corrected chi connectivity index (χ1v) is 11.0. The minimum Gasteiger partial charge on any atom is -0.447 e. The van der Waals surface area contributed by atoms with Gasteiger partial charge in [-0.15, -0.1) is 10.2 Å². The van der Waals surface area contributed by atoms with E-state index in [2.05, 4.69) is 15.2 Å². The van der Waals surface area contributed by atoms with E-state index in [9.17, 15) is 9.59 Å². The fourth-order valence-electron chi connectivity index (χ4n) is 3.42. The predicted octanol–water partition coefficient (Wildman–Crippen LogP) is 2.47. The van der Waals surface area contributed by atoms with Gasteiger partial charge in [-0.3, -0.25) is 14.2 Å². The van der Waals surface area contributed by atoms with E-state index in [0.717, 1.165) is 16.7 Å². The normalized spacial score (nSPS) is 14.2. The van der Waals surface area contributed by atoms with Gasteiger partial charge in [-0.25, -0.2) is 4.98 Å². The Kier molecular flexibility index (Phi) is 6.08. The van der Waals surface area contributed by atoms with Gasteiger partial charge in [0.05, 0.1) is 5.75 Å². The molecule has 0 atom stereocenters. The molecule has 162 valence electrons. The average Bonchev–Trinajstić information content (AvgIpc) is 3.39. The summed E-state index contributed by atoms with van der Waals surface area (Å²) in [7, 11) is 0. The number of hydrogen-bond donors (Lipinski definition) is 0. The van der Waals surface area contributed by atoms with E-state index in [0.29, 0.717) is 37.8 Å². The van der Waals surface area contributed by atoms with Crippen LogP contribution < -0.4 is 0 Å². The molecule has 31 heavy (non-hydrogen) atoms. The van der Waals surface area contributed by atoms with Crippen molar-refractivity contribution in [3.8, 4) is 5.69 Å². The highest BCUT2D eigenvalue weighted by atomic mass is 32.2. The molecule has 1 saturated heterocycles. The number of amides is 2. The second-order valence-corrected chi connectivity index (χ2v) is 8.36. The Morgan fingerprint density at radius 1 is 1.03 bits per heavy atom. The number of nitrogens with zero attached hydrogens (tertiary/aromatic N) is 6. The van der Waals surface area contributed by atoms with Gasteiger partial charge in [-0.2, -0.15) is 0 Å². The SMILES string of the molecule is CC(=O)N1CCN(C(=O)c2coc(CSc3nnc(C)n3-c3ccc(C)cc3)n2)CC1. The van der Waals surface area contributed by atoms with Crippen molar-refractivity contribution < 1.29 is 14.0 Å². The zero-order valence-electron chi connectivity index (χ0n) is 17.7. The highest BCUT2D eigenvalue weighted by Crippen LogP contribution is 2.25. The van der Waals surface area contributed by atoms with E-state index >= 15 is 0 Å². The van der Waals surface area contributed by atoms with Gasteiger partial charge >= 0.3 is 0 Å². The van der Waals surface area contributed by atoms with Crippen molar-refractivity contribution in [2.45, 2.75) is 31.7 Å². The van der Waals surface area contributed by atoms with Crippen LogP contribution in [0.15, 0.2) is 40.1 Å². The third kappa shape index (κ3) is 4.63. The second kappa shape index (κ2) is 8.93. The summed E-state index contributed by atoms with van der Waals surface area (Å²) in [6.45, 7) is 7.56. The summed E-state index contributed by atoms with van der Waals surface area (Å²) in [6.07, 6.45) is 1.39. The summed E-state index contributed by atoms with van der Waals surface area (Å²) < 4.78 is 7.50. The van der Waals surface area contributed by atoms with Gasteiger partial charge in [-0.05, 0) is 26.0 Å². The summed E-state index contributed by atoms with van der Waals surface area (Å²) in [5.41, 5.74) is 2.45. The van der Waals surface area contributed by atoms with Crippen molar-refractivity contribution in [2.75, 3.05) is 26.2 Å². The van der Waals surface area contributed by atoms with Crippen molar-refractivity contribution in [3.63, 3.8) is 0 Å². The van der Waals surface area contributed by atoms with Crippen LogP contribution in [0.4, 0.5) is 0 Å². The molecule has 1 aromatic carbocycles. The standard InChI is InChI=1S/C21H24N6O3S/c1-14-4-6-17(7-5-14)27-15(2)23-24-21(27)31-13-19-22-18(12-30-19)20(29)26-10-8-25(9-11-26)16(3)28/h4-7,12H,8-11,13H2,1-3H3. The van der Waals surface area contributed by atoms with Gasteiger partial charge in [0, 0.05) is 38.8 Å². The van der Waals surface area contributed by atoms with Crippen LogP contribution >= 0.6 is 11.8 Å². The molecule has 1 aliphatic heterocycles. The number of rotatable bonds is 5. The summed E-state index contributed by atoms with van der Waals surface area (Å²) in [5, 5.41) is 9.19. The average molecular weight is 441 g/mol. The smallest absolute Gasteiger partial charge is 0.275 e. The number of benzene rings is 1. The second-order valence-electron chi connectivity index (χ2n) is 7.41. The van der Waals surface area contributed by atoms with E-state index in [1.807, 2.05) is 42.7 Å². The van der Waals surface area contributed by atoms with E-state index < -0.39 is 0 Å². The molecule has 10 heteroatoms. The van der Waals surface area contributed by atoms with E-state index in [-0.39, 0.29) is 17.5 Å². The number of aryl methyl sites for hydroxylation is 2. The maximum absolute atomic E-state index is 12.7. The molecule has 1 aliphatic rings. The Balaban J connectivity index is 1.40. The third-order valence-corrected chi connectivity index (χ3v) is 6.11. The molecule has 0 bridgehead atoms. The van der Waals surface area contributed by atoms with Gasteiger partial charge in [0.15, 0.2) is 10.9 Å². The molecule has 0 unspecified atom stereocenters. The summed E-state index contributed by atoms with van der Waals surface area (Å²) in [6, 6.07) is 8.16. The molecule has 0 N–H and O–H groups in total. The lowest BCUT2D eigenvalue weighted by atomic mass is 10.2. The van der Waals surface area contributed by atoms with Gasteiger partial charge in [0.2, 0.25) is 11.8 Å². The first kappa shape index (κ1) is 21.1. The van der Waals surface area contributed by atoms with E-state index in [4.69, 9.17) is 4.42 Å². The lowest BCUT2D eigenvalue weighted by Gasteiger charge is -2.33. The Hall–Kier alpha value is -3.14. The fourth-order valence-corrected chi connectivity index (χ4v) is 4.27. The molecule has 0 radical (unpaired) electrons. The third-order valence-electron chi connectivity index (χ3n) is 5.20. The minimum atomic E-state index is -0.179. The van der Waals surface area contributed by atoms with Crippen LogP contribution in [-0.4, -0.2) is 67.5 Å². The Morgan fingerprint density at radius 2 is 1.71 bits per heavy atom. The zero-order valence-corrected chi connectivity index (χ0v) is 18.6. The van der Waals surface area contributed by atoms with Crippen LogP contribution in [0.5, 0.6) is 0 Å². The van der Waals surface area contributed by atoms with Crippen LogP contribution in [0.1, 0.15) is 34.7 Å². The summed E-state index contributed by atoms with van der Waals surface area (Å²) >= 11 is 1.45. The quantitative estimate of drug-likeness (QED) is 0.562. The van der Waals surface area contributed by atoms with Gasteiger partial charge in [0.25, 0.3) is 5.91 Å². The molecular weight excluding hydrogens is 416 g/mol. The number of carbonyl (C=O) groups excluding carboxylic acids is 2. The van der Waals surface area contributed by atoms with Crippen molar-refractivity contribution >= 4 is 23.6 Å². The zero-order chi connectivity index (χ0) is 22.0. The van der Waals surface area contributed by atoms with Crippen LogP contribution in [0, 0.1) is 13.8 Å². The summed E-state index contributed by atoms with van der Waals surface area (Å²) in [5.74, 6) is 1.52. The molecule has 3 aromatic rings. The van der Waals surface area contributed by atoms with Gasteiger partial charge < -0.3 is 14.2 Å². The monoisotopic (exact) mass is 440 g/mol. The number of aromatic nitrogens is 4. The van der Waals surface area contributed by atoms with Crippen molar-refractivity contribution in [1.29, 1.82) is 0 Å². The van der Waals surface area contributed by atoms with Crippen LogP contribution in [-0.2, 0) is 10.5 Å². The Labute approximate surface area is 184 Å². The largest absolute Gasteiger partial charge is 0.447 e. The van der Waals surface area contributed by atoms with Crippen molar-refractivity contribution in [2.24, 2.45) is 0 Å². The number of hydrogen-bond acceptors (Lipinski definition) is 7. The maximum Gasteiger partial charge on any atom is 0.275 e. The van der Waals surface area contributed by atoms with Crippen LogP contribution in [0.25, 0.3) is 5.69 Å². The lowest BCUT2D eigenvalue weighted by molar-refractivity contribution is -0.130. The minimum absolute atomic E-state index is 0.0292. The molecule has 1 fully saturated rings. The summed E-state index contributed by atoms with van der Waals surface area (Å²) in [4.78, 5) is 31.9. The highest BCUT2D eigenvalue weighted by Gasteiger charge is 2.25. The number of carbonyl (C=O) groups is 2. The molecular formula is C21H24N6O3S. The number of thioether (sulfide) groups is 1. The molecule has 2 amide bonds. The predicted molar refractivity (Wildman–Crippen MR) is 115 cm³/mol. The molecule has 0 aliphatic carbocycles. The first-order valence-electron chi connectivity index (χ1n) is 10.0. The van der Waals surface area contributed by atoms with E-state index in [1.165, 1.54) is 23.6 Å². The van der Waals surface area contributed by atoms with Crippen LogP contribution in [0.2, 0.25) is 0 Å². The Bertz CT molecular complexity index is 1080. The lowest BCUT2D eigenvalue weighted by Crippen LogP contribution is -2.50.